The molecular formula is C22H31N2O10P. The zero-order valence-corrected chi connectivity index (χ0v) is 21.2. The molecule has 2 atom stereocenters. The molecule has 1 aromatic rings. The normalized spacial score (nSPS) is 16.9. The van der Waals surface area contributed by atoms with Gasteiger partial charge in [-0.15, -0.1) is 0 Å². The van der Waals surface area contributed by atoms with Crippen LogP contribution in [0.5, 0.6) is 0 Å². The molecule has 194 valence electrons. The lowest BCUT2D eigenvalue weighted by Gasteiger charge is -2.29. The molecule has 13 heteroatoms. The van der Waals surface area contributed by atoms with E-state index < -0.39 is 37.8 Å². The molecule has 0 radical (unpaired) electrons. The van der Waals surface area contributed by atoms with Gasteiger partial charge in [0.15, 0.2) is 11.9 Å². The molecule has 1 aliphatic heterocycles. The van der Waals surface area contributed by atoms with Crippen molar-refractivity contribution in [2.45, 2.75) is 31.7 Å². The first-order chi connectivity index (χ1) is 16.5. The molecule has 0 saturated heterocycles. The lowest BCUT2D eigenvalue weighted by Crippen LogP contribution is -2.36. The van der Waals surface area contributed by atoms with Gasteiger partial charge < -0.3 is 28.6 Å². The second-order valence-corrected chi connectivity index (χ2v) is 10.7. The number of methoxy groups -OCH3 is 1. The van der Waals surface area contributed by atoms with E-state index in [2.05, 4.69) is 0 Å². The summed E-state index contributed by atoms with van der Waals surface area (Å²) in [5.41, 5.74) is 0.787. The summed E-state index contributed by atoms with van der Waals surface area (Å²) in [6.45, 7) is -0.309. The van der Waals surface area contributed by atoms with E-state index in [1.807, 2.05) is 30.3 Å². The maximum absolute atomic E-state index is 13.4. The number of carbonyl (C=O) groups is 3. The van der Waals surface area contributed by atoms with Gasteiger partial charge in [-0.2, -0.15) is 0 Å². The third kappa shape index (κ3) is 7.53. The zero-order chi connectivity index (χ0) is 26.2. The molecule has 1 N–H and O–H groups in total. The molecule has 0 saturated carbocycles. The molecule has 35 heavy (non-hydrogen) atoms. The highest BCUT2D eigenvalue weighted by Crippen LogP contribution is 2.54. The molecule has 0 bridgehead atoms. The quantitative estimate of drug-likeness (QED) is 0.287. The summed E-state index contributed by atoms with van der Waals surface area (Å²) < 4.78 is 43.6. The van der Waals surface area contributed by atoms with Crippen molar-refractivity contribution >= 4 is 25.6 Å². The minimum absolute atomic E-state index is 0.0409. The van der Waals surface area contributed by atoms with E-state index >= 15 is 0 Å². The van der Waals surface area contributed by atoms with Crippen molar-refractivity contribution in [1.82, 2.24) is 9.34 Å². The van der Waals surface area contributed by atoms with Crippen LogP contribution in [0.2, 0.25) is 0 Å². The zero-order valence-electron chi connectivity index (χ0n) is 20.3. The Morgan fingerprint density at radius 1 is 1.11 bits per heavy atom. The van der Waals surface area contributed by atoms with Crippen LogP contribution in [0.1, 0.15) is 18.4 Å². The van der Waals surface area contributed by atoms with Crippen LogP contribution in [0, 0.1) is 0 Å². The van der Waals surface area contributed by atoms with Crippen LogP contribution in [0.3, 0.4) is 0 Å². The first kappa shape index (κ1) is 28.3. The largest absolute Gasteiger partial charge is 0.485 e. The molecule has 2 unspecified atom stereocenters. The van der Waals surface area contributed by atoms with Crippen LogP contribution < -0.4 is 0 Å². The van der Waals surface area contributed by atoms with Gasteiger partial charge in [-0.3, -0.25) is 9.59 Å². The molecule has 0 spiro atoms. The van der Waals surface area contributed by atoms with E-state index in [9.17, 15) is 18.9 Å². The Morgan fingerprint density at radius 3 is 2.29 bits per heavy atom. The van der Waals surface area contributed by atoms with Gasteiger partial charge in [-0.05, 0) is 33.8 Å². The maximum atomic E-state index is 13.4. The summed E-state index contributed by atoms with van der Waals surface area (Å²) in [6, 6.07) is 9.11. The van der Waals surface area contributed by atoms with Gasteiger partial charge >= 0.3 is 25.6 Å². The highest BCUT2D eigenvalue weighted by atomic mass is 31.2. The number of benzene rings is 1. The fourth-order valence-electron chi connectivity index (χ4n) is 3.04. The topological polar surface area (TPSA) is 141 Å². The number of hydrogen-bond donors (Lipinski definition) is 1. The molecule has 1 aromatic carbocycles. The predicted octanol–water partition coefficient (Wildman–Crippen LogP) is 2.01. The van der Waals surface area contributed by atoms with Crippen molar-refractivity contribution in [2.75, 3.05) is 41.9 Å². The average molecular weight is 514 g/mol. The summed E-state index contributed by atoms with van der Waals surface area (Å²) in [6.07, 6.45) is -2.89. The van der Waals surface area contributed by atoms with Crippen LogP contribution in [0.25, 0.3) is 0 Å². The second kappa shape index (κ2) is 12.7. The van der Waals surface area contributed by atoms with E-state index in [1.54, 1.807) is 0 Å². The minimum atomic E-state index is -3.65. The fraction of sp³-hybridized carbons (Fsp3) is 0.500. The molecule has 0 aliphatic carbocycles. The Labute approximate surface area is 203 Å². The molecule has 0 amide bonds. The van der Waals surface area contributed by atoms with Crippen molar-refractivity contribution in [3.63, 3.8) is 0 Å². The first-order valence-electron chi connectivity index (χ1n) is 10.7. The van der Waals surface area contributed by atoms with Crippen LogP contribution in [-0.4, -0.2) is 86.5 Å². The highest BCUT2D eigenvalue weighted by Gasteiger charge is 2.47. The number of carboxylic acids is 1. The highest BCUT2D eigenvalue weighted by molar-refractivity contribution is 7.54. The Kier molecular flexibility index (Phi) is 10.3. The van der Waals surface area contributed by atoms with Crippen molar-refractivity contribution in [3.8, 4) is 0 Å². The number of cyclic esters (lactones) is 1. The molecule has 2 rings (SSSR count). The predicted molar refractivity (Wildman–Crippen MR) is 123 cm³/mol. The van der Waals surface area contributed by atoms with Crippen LogP contribution in [0.15, 0.2) is 41.9 Å². The van der Waals surface area contributed by atoms with E-state index in [1.165, 1.54) is 44.6 Å². The van der Waals surface area contributed by atoms with Crippen LogP contribution >= 0.6 is 7.67 Å². The van der Waals surface area contributed by atoms with Crippen molar-refractivity contribution in [2.24, 2.45) is 0 Å². The minimum Gasteiger partial charge on any atom is -0.485 e. The van der Waals surface area contributed by atoms with Crippen molar-refractivity contribution in [1.29, 1.82) is 0 Å². The van der Waals surface area contributed by atoms with Gasteiger partial charge in [-0.25, -0.2) is 18.7 Å². The lowest BCUT2D eigenvalue weighted by atomic mass is 10.1. The monoisotopic (exact) mass is 514 g/mol. The molecule has 1 aliphatic rings. The van der Waals surface area contributed by atoms with Gasteiger partial charge in [0.1, 0.15) is 19.3 Å². The van der Waals surface area contributed by atoms with E-state index in [-0.39, 0.29) is 37.6 Å². The lowest BCUT2D eigenvalue weighted by molar-refractivity contribution is -0.158. The molecular weight excluding hydrogens is 483 g/mol. The number of carboxylic acid groups (broad SMARTS) is 1. The standard InChI is InChI=1S/C22H31N2O10P/c1-23(2)35(29,24(3)4)34-21-20(32-13-15-9-7-6-8-10-15)19(33-22(21)28)16(30-5)14-31-18(27)12-11-17(25)26/h6-10,16,19H,11-14H2,1-5H3,(H,25,26). The number of carbonyl (C=O) groups excluding carboxylic acids is 2. The molecule has 0 fully saturated rings. The van der Waals surface area contributed by atoms with E-state index in [4.69, 9.17) is 28.6 Å². The number of esters is 2. The number of rotatable bonds is 14. The van der Waals surface area contributed by atoms with Crippen LogP contribution in [0.4, 0.5) is 0 Å². The van der Waals surface area contributed by atoms with Crippen molar-refractivity contribution in [3.05, 3.63) is 47.4 Å². The summed E-state index contributed by atoms with van der Waals surface area (Å²) in [4.78, 5) is 35.3. The summed E-state index contributed by atoms with van der Waals surface area (Å²) >= 11 is 0. The van der Waals surface area contributed by atoms with Crippen LogP contribution in [-0.2, 0) is 49.0 Å². The Balaban J connectivity index is 2.33. The Bertz CT molecular complexity index is 968. The van der Waals surface area contributed by atoms with Gasteiger partial charge in [0.25, 0.3) is 5.76 Å². The smallest absolute Gasteiger partial charge is 0.395 e. The molecule has 0 aromatic heterocycles. The maximum Gasteiger partial charge on any atom is 0.395 e. The summed E-state index contributed by atoms with van der Waals surface area (Å²) in [5.74, 6) is -3.24. The Hall–Kier alpha value is -2.92. The first-order valence-corrected chi connectivity index (χ1v) is 12.2. The van der Waals surface area contributed by atoms with Gasteiger partial charge in [-0.1, -0.05) is 30.3 Å². The number of nitrogens with zero attached hydrogens (tertiary/aromatic N) is 2. The second-order valence-electron chi connectivity index (χ2n) is 7.92. The summed E-state index contributed by atoms with van der Waals surface area (Å²) in [7, 11) is 3.83. The van der Waals surface area contributed by atoms with E-state index in [0.717, 1.165) is 5.56 Å². The third-order valence-corrected chi connectivity index (χ3v) is 7.39. The van der Waals surface area contributed by atoms with E-state index in [0.29, 0.717) is 0 Å². The summed E-state index contributed by atoms with van der Waals surface area (Å²) in [5, 5.41) is 8.72. The third-order valence-electron chi connectivity index (χ3n) is 4.95. The average Bonchev–Trinajstić information content (AvgIpc) is 3.11. The number of aliphatic carboxylic acids is 1. The van der Waals surface area contributed by atoms with Gasteiger partial charge in [0.05, 0.1) is 12.8 Å². The molecule has 1 heterocycles. The molecule has 12 nitrogen and oxygen atoms in total. The number of ether oxygens (including phenoxy) is 4. The van der Waals surface area contributed by atoms with Crippen molar-refractivity contribution < 1.29 is 47.5 Å². The van der Waals surface area contributed by atoms with Gasteiger partial charge in [0.2, 0.25) is 0 Å². The number of hydrogen-bond acceptors (Lipinski definition) is 9. The fourth-order valence-corrected chi connectivity index (χ4v) is 4.48. The Morgan fingerprint density at radius 2 is 1.74 bits per heavy atom. The van der Waals surface area contributed by atoms with Gasteiger partial charge in [0, 0.05) is 7.11 Å². The SMILES string of the molecule is COC(COC(=O)CCC(=O)O)C1OC(=O)C(OP(=O)(N(C)C)N(C)C)=C1OCc1ccccc1.